The van der Waals surface area contributed by atoms with Crippen molar-refractivity contribution in [1.29, 1.82) is 0 Å². The fourth-order valence-corrected chi connectivity index (χ4v) is 5.17. The lowest BCUT2D eigenvalue weighted by molar-refractivity contribution is 0.0727. The van der Waals surface area contributed by atoms with E-state index in [1.807, 2.05) is 12.1 Å². The molecule has 0 N–H and O–H groups in total. The number of carbonyl (C=O) groups is 1. The van der Waals surface area contributed by atoms with Gasteiger partial charge in [0.05, 0.1) is 11.1 Å². The van der Waals surface area contributed by atoms with Crippen LogP contribution in [-0.4, -0.2) is 5.97 Å². The average Bonchev–Trinajstić information content (AvgIpc) is 2.86. The Bertz CT molecular complexity index is 1210. The summed E-state index contributed by atoms with van der Waals surface area (Å²) in [6.45, 7) is 3.61. The summed E-state index contributed by atoms with van der Waals surface area (Å²) >= 11 is 0. The van der Waals surface area contributed by atoms with E-state index in [1.54, 1.807) is 12.1 Å². The summed E-state index contributed by atoms with van der Waals surface area (Å²) in [5, 5.41) is 0. The Balaban J connectivity index is 1.44. The number of esters is 1. The highest BCUT2D eigenvalue weighted by Gasteiger charge is 2.23. The van der Waals surface area contributed by atoms with Crippen molar-refractivity contribution in [3.05, 3.63) is 88.5 Å². The fourth-order valence-electron chi connectivity index (χ4n) is 5.17. The first kappa shape index (κ1) is 25.9. The van der Waals surface area contributed by atoms with Gasteiger partial charge in [-0.25, -0.2) is 22.4 Å². The summed E-state index contributed by atoms with van der Waals surface area (Å²) in [7, 11) is 0. The second-order valence-electron chi connectivity index (χ2n) is 9.62. The maximum Gasteiger partial charge on any atom is 0.343 e. The van der Waals surface area contributed by atoms with Gasteiger partial charge in [-0.3, -0.25) is 0 Å². The molecule has 0 heterocycles. The van der Waals surface area contributed by atoms with E-state index in [2.05, 4.69) is 6.92 Å². The minimum atomic E-state index is -2.99. The van der Waals surface area contributed by atoms with Crippen LogP contribution in [0.1, 0.15) is 84.8 Å². The molecule has 0 saturated heterocycles. The molecule has 2 nitrogen and oxygen atoms in total. The summed E-state index contributed by atoms with van der Waals surface area (Å²) in [5.74, 6) is -1.70. The van der Waals surface area contributed by atoms with Gasteiger partial charge in [0.25, 0.3) is 6.43 Å². The lowest BCUT2D eigenvalue weighted by Gasteiger charge is -2.28. The molecule has 1 fully saturated rings. The van der Waals surface area contributed by atoms with E-state index in [-0.39, 0.29) is 22.4 Å². The first-order chi connectivity index (χ1) is 17.3. The van der Waals surface area contributed by atoms with Crippen LogP contribution in [0.5, 0.6) is 5.75 Å². The van der Waals surface area contributed by atoms with Gasteiger partial charge in [0.15, 0.2) is 11.6 Å². The van der Waals surface area contributed by atoms with Gasteiger partial charge in [0.2, 0.25) is 0 Å². The van der Waals surface area contributed by atoms with Gasteiger partial charge in [0, 0.05) is 5.56 Å². The monoisotopic (exact) mass is 498 g/mol. The number of alkyl halides is 2. The lowest BCUT2D eigenvalue weighted by Crippen LogP contribution is -2.14. The minimum Gasteiger partial charge on any atom is -0.420 e. The molecule has 190 valence electrons. The zero-order valence-electron chi connectivity index (χ0n) is 20.5. The van der Waals surface area contributed by atoms with Crippen molar-refractivity contribution in [1.82, 2.24) is 0 Å². The van der Waals surface area contributed by atoms with Crippen LogP contribution in [0.2, 0.25) is 0 Å². The number of hydrogen-bond donors (Lipinski definition) is 0. The predicted molar refractivity (Wildman–Crippen MR) is 132 cm³/mol. The molecule has 0 radical (unpaired) electrons. The molecule has 0 unspecified atom stereocenters. The molecule has 0 amide bonds. The topological polar surface area (TPSA) is 26.3 Å². The maximum absolute atomic E-state index is 14.7. The summed E-state index contributed by atoms with van der Waals surface area (Å²) < 4.78 is 61.1. The van der Waals surface area contributed by atoms with Crippen LogP contribution in [0.15, 0.2) is 54.6 Å². The first-order valence-electron chi connectivity index (χ1n) is 12.5. The molecular weight excluding hydrogens is 468 g/mol. The normalized spacial score (nSPS) is 17.9. The van der Waals surface area contributed by atoms with Gasteiger partial charge >= 0.3 is 5.97 Å². The van der Waals surface area contributed by atoms with Gasteiger partial charge in [-0.05, 0) is 85.4 Å². The summed E-state index contributed by atoms with van der Waals surface area (Å²) in [6.07, 6.45) is 4.27. The van der Waals surface area contributed by atoms with E-state index in [0.717, 1.165) is 24.8 Å². The van der Waals surface area contributed by atoms with E-state index in [0.29, 0.717) is 11.5 Å². The van der Waals surface area contributed by atoms with Crippen LogP contribution in [0, 0.1) is 24.5 Å². The van der Waals surface area contributed by atoms with Crippen LogP contribution in [0.3, 0.4) is 0 Å². The van der Waals surface area contributed by atoms with Gasteiger partial charge in [-0.15, -0.1) is 0 Å². The number of carbonyl (C=O) groups excluding carboxylic acids is 1. The predicted octanol–water partition coefficient (Wildman–Crippen LogP) is 9.17. The quantitative estimate of drug-likeness (QED) is 0.184. The Hall–Kier alpha value is -3.15. The molecule has 1 saturated carbocycles. The molecule has 36 heavy (non-hydrogen) atoms. The molecule has 3 aromatic carbocycles. The zero-order valence-corrected chi connectivity index (χ0v) is 20.5. The van der Waals surface area contributed by atoms with E-state index in [1.165, 1.54) is 62.4 Å². The molecule has 0 bridgehead atoms. The van der Waals surface area contributed by atoms with Gasteiger partial charge in [-0.1, -0.05) is 50.1 Å². The molecule has 0 aliphatic heterocycles. The maximum atomic E-state index is 14.7. The van der Waals surface area contributed by atoms with Crippen molar-refractivity contribution in [3.63, 3.8) is 0 Å². The van der Waals surface area contributed by atoms with Crippen LogP contribution in [-0.2, 0) is 0 Å². The van der Waals surface area contributed by atoms with Crippen molar-refractivity contribution in [3.8, 4) is 16.9 Å². The van der Waals surface area contributed by atoms with Crippen LogP contribution in [0.25, 0.3) is 11.1 Å². The number of ether oxygens (including phenoxy) is 1. The Kier molecular flexibility index (Phi) is 8.12. The zero-order chi connectivity index (χ0) is 25.8. The summed E-state index contributed by atoms with van der Waals surface area (Å²) in [4.78, 5) is 12.6. The number of aryl methyl sites for hydroxylation is 1. The molecule has 0 atom stereocenters. The second-order valence-corrected chi connectivity index (χ2v) is 9.62. The highest BCUT2D eigenvalue weighted by atomic mass is 19.3. The molecule has 3 aromatic rings. The van der Waals surface area contributed by atoms with E-state index in [9.17, 15) is 22.4 Å². The Morgan fingerprint density at radius 2 is 1.67 bits per heavy atom. The summed E-state index contributed by atoms with van der Waals surface area (Å²) in [6, 6.07) is 13.5. The minimum absolute atomic E-state index is 0.0738. The number of hydrogen-bond acceptors (Lipinski definition) is 2. The highest BCUT2D eigenvalue weighted by molar-refractivity contribution is 5.91. The Morgan fingerprint density at radius 1 is 0.972 bits per heavy atom. The summed E-state index contributed by atoms with van der Waals surface area (Å²) in [5.41, 5.74) is 0.832. The van der Waals surface area contributed by atoms with E-state index < -0.39 is 29.6 Å². The van der Waals surface area contributed by atoms with Crippen molar-refractivity contribution < 1.29 is 27.1 Å². The third-order valence-electron chi connectivity index (χ3n) is 7.22. The van der Waals surface area contributed by atoms with Crippen molar-refractivity contribution in [2.24, 2.45) is 5.92 Å². The lowest BCUT2D eigenvalue weighted by atomic mass is 9.77. The molecule has 6 heteroatoms. The van der Waals surface area contributed by atoms with Gasteiger partial charge in [0.1, 0.15) is 5.82 Å². The van der Waals surface area contributed by atoms with Crippen LogP contribution in [0.4, 0.5) is 17.6 Å². The Morgan fingerprint density at radius 3 is 2.28 bits per heavy atom. The largest absolute Gasteiger partial charge is 0.420 e. The fraction of sp³-hybridized carbons (Fsp3) is 0.367. The Labute approximate surface area is 209 Å². The van der Waals surface area contributed by atoms with E-state index in [4.69, 9.17) is 4.74 Å². The number of halogens is 4. The van der Waals surface area contributed by atoms with Crippen LogP contribution >= 0.6 is 0 Å². The van der Waals surface area contributed by atoms with Gasteiger partial charge < -0.3 is 4.74 Å². The molecular formula is C30H30F4O2. The van der Waals surface area contributed by atoms with Crippen molar-refractivity contribution in [2.45, 2.75) is 64.7 Å². The third kappa shape index (κ3) is 5.63. The van der Waals surface area contributed by atoms with Crippen molar-refractivity contribution >= 4 is 5.97 Å². The molecule has 0 spiro atoms. The highest BCUT2D eigenvalue weighted by Crippen LogP contribution is 2.38. The SMILES string of the molecule is CCCC1CCC(c2ccc(C(=O)Oc3ccc(-c4ccc(C)c(C(F)F)c4F)cc3F)cc2)CC1. The third-order valence-corrected chi connectivity index (χ3v) is 7.22. The standard InChI is InChI=1S/C30H30F4O2/c1-3-4-19-6-8-20(9-7-19)21-10-12-22(13-11-21)30(35)36-26-16-14-23(17-25(26)31)24-15-5-18(2)27(28(24)32)29(33)34/h5,10-17,19-20,29H,3-4,6-9H2,1-2H3. The molecule has 0 aromatic heterocycles. The van der Waals surface area contributed by atoms with Gasteiger partial charge in [-0.2, -0.15) is 0 Å². The molecule has 1 aliphatic rings. The van der Waals surface area contributed by atoms with E-state index >= 15 is 0 Å². The molecule has 4 rings (SSSR count). The number of benzene rings is 3. The average molecular weight is 499 g/mol. The second kappa shape index (κ2) is 11.3. The van der Waals surface area contributed by atoms with Crippen molar-refractivity contribution in [2.75, 3.05) is 0 Å². The number of rotatable bonds is 7. The molecule has 1 aliphatic carbocycles. The first-order valence-corrected chi connectivity index (χ1v) is 12.5. The van der Waals surface area contributed by atoms with Crippen LogP contribution < -0.4 is 4.74 Å². The smallest absolute Gasteiger partial charge is 0.343 e.